The fourth-order valence-corrected chi connectivity index (χ4v) is 7.30. The van der Waals surface area contributed by atoms with Gasteiger partial charge in [0.05, 0.1) is 11.0 Å². The van der Waals surface area contributed by atoms with Crippen LogP contribution in [0.1, 0.15) is 22.3 Å². The summed E-state index contributed by atoms with van der Waals surface area (Å²) in [5, 5.41) is 14.9. The summed E-state index contributed by atoms with van der Waals surface area (Å²) in [5.74, 6) is -0.866. The van der Waals surface area contributed by atoms with Gasteiger partial charge in [-0.3, -0.25) is 14.9 Å². The Hall–Kier alpha value is -5.85. The van der Waals surface area contributed by atoms with Gasteiger partial charge >= 0.3 is 12.1 Å². The molecule has 0 aromatic heterocycles. The number of amides is 1. The van der Waals surface area contributed by atoms with Gasteiger partial charge < -0.3 is 14.8 Å². The summed E-state index contributed by atoms with van der Waals surface area (Å²) in [7, 11) is -4.80. The molecular weight excluding hydrogens is 671 g/mol. The Morgan fingerprint density at radius 3 is 1.63 bits per heavy atom. The van der Waals surface area contributed by atoms with Gasteiger partial charge in [-0.1, -0.05) is 133 Å². The molecule has 0 aliphatic rings. The Kier molecular flexibility index (Phi) is 12.6. The molecule has 262 valence electrons. The van der Waals surface area contributed by atoms with E-state index in [0.717, 1.165) is 27.6 Å². The predicted octanol–water partition coefficient (Wildman–Crippen LogP) is 6.48. The van der Waals surface area contributed by atoms with Gasteiger partial charge in [0.1, 0.15) is 19.3 Å². The number of alkyl carbamates (subject to hydrolysis) is 1. The SMILES string of the molecule is O=C(N[C@@H](Cc1ccccc1)CN([C@@H](Cc1ccccc1)C(=O)OCc1ccccc1)S(=O)(=O)c1ccccc1[N+](=O)[O-])OCc1ccccc1. The second-order valence-electron chi connectivity index (χ2n) is 11.7. The zero-order valence-electron chi connectivity index (χ0n) is 27.6. The number of hydrogen-bond donors (Lipinski definition) is 1. The van der Waals surface area contributed by atoms with Crippen LogP contribution in [0.15, 0.2) is 150 Å². The molecule has 1 amide bonds. The lowest BCUT2D eigenvalue weighted by atomic mass is 10.0. The van der Waals surface area contributed by atoms with Gasteiger partial charge in [-0.25, -0.2) is 13.2 Å². The fourth-order valence-electron chi connectivity index (χ4n) is 5.52. The van der Waals surface area contributed by atoms with Crippen LogP contribution >= 0.6 is 0 Å². The number of rotatable bonds is 16. The van der Waals surface area contributed by atoms with Crippen LogP contribution in [0, 0.1) is 10.1 Å². The van der Waals surface area contributed by atoms with Gasteiger partial charge in [-0.05, 0) is 41.2 Å². The van der Waals surface area contributed by atoms with E-state index in [1.54, 1.807) is 78.9 Å². The molecule has 0 aliphatic heterocycles. The summed E-state index contributed by atoms with van der Waals surface area (Å²) in [6.45, 7) is -0.630. The number of carbonyl (C=O) groups excluding carboxylic acids is 2. The van der Waals surface area contributed by atoms with Crippen LogP contribution in [0.25, 0.3) is 0 Å². The number of carbonyl (C=O) groups is 2. The molecule has 5 rings (SSSR count). The van der Waals surface area contributed by atoms with Crippen molar-refractivity contribution < 1.29 is 32.4 Å². The summed E-state index contributed by atoms with van der Waals surface area (Å²) in [6.07, 6.45) is -0.791. The second-order valence-corrected chi connectivity index (χ2v) is 13.6. The van der Waals surface area contributed by atoms with Gasteiger partial charge in [-0.15, -0.1) is 0 Å². The maximum atomic E-state index is 14.7. The highest BCUT2D eigenvalue weighted by Gasteiger charge is 2.41. The average Bonchev–Trinajstić information content (AvgIpc) is 3.16. The number of nitrogens with zero attached hydrogens (tertiary/aromatic N) is 2. The van der Waals surface area contributed by atoms with Crippen molar-refractivity contribution in [1.29, 1.82) is 0 Å². The Balaban J connectivity index is 1.56. The first-order chi connectivity index (χ1) is 24.7. The van der Waals surface area contributed by atoms with E-state index < -0.39 is 56.2 Å². The van der Waals surface area contributed by atoms with E-state index in [4.69, 9.17) is 9.47 Å². The van der Waals surface area contributed by atoms with Crippen molar-refractivity contribution in [1.82, 2.24) is 9.62 Å². The van der Waals surface area contributed by atoms with E-state index in [1.165, 1.54) is 12.1 Å². The maximum Gasteiger partial charge on any atom is 0.407 e. The molecule has 51 heavy (non-hydrogen) atoms. The van der Waals surface area contributed by atoms with Crippen LogP contribution in [-0.2, 0) is 50.3 Å². The number of sulfonamides is 1. The second kappa shape index (κ2) is 17.7. The molecule has 0 unspecified atom stereocenters. The molecule has 0 heterocycles. The third-order valence-electron chi connectivity index (χ3n) is 8.02. The van der Waals surface area contributed by atoms with Crippen LogP contribution in [0.3, 0.4) is 0 Å². The first-order valence-corrected chi connectivity index (χ1v) is 17.7. The monoisotopic (exact) mass is 707 g/mol. The zero-order valence-corrected chi connectivity index (χ0v) is 28.4. The largest absolute Gasteiger partial charge is 0.460 e. The maximum absolute atomic E-state index is 14.7. The standard InChI is InChI=1S/C39H37N3O8S/c43-38(49-28-32-19-9-3-10-20-32)36(26-31-17-7-2-8-18-31)41(51(47,48)37-24-14-13-23-35(37)42(45)46)27-34(25-30-15-5-1-6-16-30)40-39(44)50-29-33-21-11-4-12-22-33/h1-24,34,36H,25-29H2,(H,40,44)/t34-,36-/m0/s1. The van der Waals surface area contributed by atoms with Gasteiger partial charge in [0.15, 0.2) is 4.90 Å². The van der Waals surface area contributed by atoms with Crippen LogP contribution in [0.5, 0.6) is 0 Å². The third kappa shape index (κ3) is 10.3. The van der Waals surface area contributed by atoms with Crippen molar-refractivity contribution >= 4 is 27.8 Å². The van der Waals surface area contributed by atoms with E-state index >= 15 is 0 Å². The van der Waals surface area contributed by atoms with Crippen molar-refractivity contribution in [2.24, 2.45) is 0 Å². The molecule has 12 heteroatoms. The number of benzene rings is 5. The topological polar surface area (TPSA) is 145 Å². The molecule has 11 nitrogen and oxygen atoms in total. The molecule has 2 atom stereocenters. The van der Waals surface area contributed by atoms with E-state index in [2.05, 4.69) is 5.32 Å². The minimum atomic E-state index is -4.80. The molecule has 1 N–H and O–H groups in total. The average molecular weight is 708 g/mol. The molecule has 0 spiro atoms. The fraction of sp³-hybridized carbons (Fsp3) is 0.179. The molecule has 5 aromatic rings. The Morgan fingerprint density at radius 1 is 0.647 bits per heavy atom. The highest BCUT2D eigenvalue weighted by atomic mass is 32.2. The third-order valence-corrected chi connectivity index (χ3v) is 9.95. The molecule has 0 saturated carbocycles. The zero-order chi connectivity index (χ0) is 36.1. The van der Waals surface area contributed by atoms with E-state index in [9.17, 15) is 28.1 Å². The minimum Gasteiger partial charge on any atom is -0.460 e. The number of nitrogens with one attached hydrogen (secondary N) is 1. The summed E-state index contributed by atoms with van der Waals surface area (Å²) >= 11 is 0. The smallest absolute Gasteiger partial charge is 0.407 e. The van der Waals surface area contributed by atoms with Crippen molar-refractivity contribution in [3.05, 3.63) is 178 Å². The first kappa shape index (κ1) is 36.4. The van der Waals surface area contributed by atoms with E-state index in [-0.39, 0.29) is 26.1 Å². The highest BCUT2D eigenvalue weighted by Crippen LogP contribution is 2.29. The summed E-state index contributed by atoms with van der Waals surface area (Å²) in [5.41, 5.74) is 2.16. The molecule has 5 aromatic carbocycles. The van der Waals surface area contributed by atoms with Crippen molar-refractivity contribution in [2.45, 2.75) is 43.0 Å². The molecule has 0 aliphatic carbocycles. The Labute approximate surface area is 296 Å². The van der Waals surface area contributed by atoms with E-state index in [1.807, 2.05) is 42.5 Å². The Bertz CT molecular complexity index is 2000. The van der Waals surface area contributed by atoms with Gasteiger partial charge in [0.25, 0.3) is 15.7 Å². The predicted molar refractivity (Wildman–Crippen MR) is 191 cm³/mol. The molecule has 0 saturated heterocycles. The van der Waals surface area contributed by atoms with E-state index in [0.29, 0.717) is 11.1 Å². The Morgan fingerprint density at radius 2 is 1.10 bits per heavy atom. The summed E-state index contributed by atoms with van der Waals surface area (Å²) in [6, 6.07) is 38.3. The number of nitro groups is 1. The van der Waals surface area contributed by atoms with Crippen molar-refractivity contribution in [2.75, 3.05) is 6.54 Å². The number of nitro benzene ring substituents is 1. The van der Waals surface area contributed by atoms with Crippen molar-refractivity contribution in [3.8, 4) is 0 Å². The number of ether oxygens (including phenoxy) is 2. The minimum absolute atomic E-state index is 0.0363. The van der Waals surface area contributed by atoms with Crippen LogP contribution in [0.4, 0.5) is 10.5 Å². The van der Waals surface area contributed by atoms with Crippen LogP contribution in [0.2, 0.25) is 0 Å². The quantitative estimate of drug-likeness (QED) is 0.0697. The lowest BCUT2D eigenvalue weighted by Crippen LogP contribution is -2.53. The highest BCUT2D eigenvalue weighted by molar-refractivity contribution is 7.89. The molecule has 0 fully saturated rings. The number of hydrogen-bond acceptors (Lipinski definition) is 8. The lowest BCUT2D eigenvalue weighted by Gasteiger charge is -2.33. The lowest BCUT2D eigenvalue weighted by molar-refractivity contribution is -0.387. The summed E-state index contributed by atoms with van der Waals surface area (Å²) < 4.78 is 41.6. The molecular formula is C39H37N3O8S. The van der Waals surface area contributed by atoms with Crippen LogP contribution in [-0.4, -0.2) is 48.3 Å². The molecule has 0 radical (unpaired) electrons. The van der Waals surface area contributed by atoms with Crippen molar-refractivity contribution in [3.63, 3.8) is 0 Å². The number of esters is 1. The number of para-hydroxylation sites is 1. The normalized spacial score (nSPS) is 12.4. The van der Waals surface area contributed by atoms with Crippen LogP contribution < -0.4 is 5.32 Å². The van der Waals surface area contributed by atoms with Gasteiger partial charge in [0, 0.05) is 12.6 Å². The summed E-state index contributed by atoms with van der Waals surface area (Å²) in [4.78, 5) is 38.1. The van der Waals surface area contributed by atoms with Gasteiger partial charge in [0.2, 0.25) is 0 Å². The van der Waals surface area contributed by atoms with Gasteiger partial charge in [-0.2, -0.15) is 4.31 Å². The first-order valence-electron chi connectivity index (χ1n) is 16.2. The molecule has 0 bridgehead atoms.